The maximum absolute atomic E-state index is 12.3. The third-order valence-corrected chi connectivity index (χ3v) is 11.6. The zero-order valence-corrected chi connectivity index (χ0v) is 21.1. The predicted molar refractivity (Wildman–Crippen MR) is 130 cm³/mol. The Morgan fingerprint density at radius 3 is 2.30 bits per heavy atom. The molecule has 3 saturated carbocycles. The van der Waals surface area contributed by atoms with E-state index in [4.69, 9.17) is 0 Å². The first-order chi connectivity index (χ1) is 15.2. The average molecular weight is 453 g/mol. The maximum atomic E-state index is 12.3. The number of aromatic hydroxyl groups is 2. The molecule has 0 bridgehead atoms. The van der Waals surface area contributed by atoms with E-state index >= 15 is 0 Å². The molecule has 6 unspecified atom stereocenters. The van der Waals surface area contributed by atoms with E-state index < -0.39 is 11.4 Å². The summed E-state index contributed by atoms with van der Waals surface area (Å²) >= 11 is 0. The summed E-state index contributed by atoms with van der Waals surface area (Å²) in [6, 6.07) is 1.81. The molecule has 4 nitrogen and oxygen atoms in total. The van der Waals surface area contributed by atoms with Crippen LogP contribution in [-0.4, -0.2) is 21.3 Å². The van der Waals surface area contributed by atoms with Gasteiger partial charge in [0.15, 0.2) is 11.5 Å². The highest BCUT2D eigenvalue weighted by molar-refractivity contribution is 5.74. The first kappa shape index (κ1) is 22.8. The van der Waals surface area contributed by atoms with Gasteiger partial charge in [0.2, 0.25) is 0 Å². The van der Waals surface area contributed by atoms with Gasteiger partial charge in [-0.1, -0.05) is 39.3 Å². The minimum atomic E-state index is -0.641. The van der Waals surface area contributed by atoms with Crippen LogP contribution >= 0.6 is 0 Å². The number of carbonyl (C=O) groups is 1. The molecule has 0 spiro atoms. The van der Waals surface area contributed by atoms with E-state index in [2.05, 4.69) is 33.8 Å². The molecule has 0 saturated heterocycles. The van der Waals surface area contributed by atoms with Gasteiger partial charge in [-0.15, -0.1) is 0 Å². The smallest absolute Gasteiger partial charge is 0.309 e. The van der Waals surface area contributed by atoms with Crippen LogP contribution in [0, 0.1) is 34.5 Å². The Labute approximate surface area is 198 Å². The molecule has 0 aliphatic heterocycles. The van der Waals surface area contributed by atoms with Gasteiger partial charge in [-0.3, -0.25) is 4.79 Å². The number of aliphatic carboxylic acids is 1. The van der Waals surface area contributed by atoms with Crippen molar-refractivity contribution in [1.29, 1.82) is 0 Å². The number of rotatable bonds is 1. The van der Waals surface area contributed by atoms with Crippen LogP contribution in [0.5, 0.6) is 11.5 Å². The van der Waals surface area contributed by atoms with Gasteiger partial charge in [0, 0.05) is 5.41 Å². The zero-order chi connectivity index (χ0) is 24.2. The fourth-order valence-electron chi connectivity index (χ4n) is 8.89. The Hall–Kier alpha value is -1.97. The normalized spacial score (nSPS) is 44.1. The van der Waals surface area contributed by atoms with E-state index in [1.54, 1.807) is 0 Å². The molecule has 4 heteroatoms. The van der Waals surface area contributed by atoms with Crippen molar-refractivity contribution >= 4 is 5.97 Å². The fraction of sp³-hybridized carbons (Fsp3) is 0.690. The van der Waals surface area contributed by atoms with Gasteiger partial charge in [-0.25, -0.2) is 0 Å². The van der Waals surface area contributed by atoms with Gasteiger partial charge < -0.3 is 15.3 Å². The van der Waals surface area contributed by atoms with Crippen molar-refractivity contribution in [2.75, 3.05) is 0 Å². The molecule has 3 N–H and O–H groups in total. The first-order valence-electron chi connectivity index (χ1n) is 12.7. The molecular weight excluding hydrogens is 412 g/mol. The first-order valence-corrected chi connectivity index (χ1v) is 12.7. The highest BCUT2D eigenvalue weighted by Gasteiger charge is 2.67. The lowest BCUT2D eigenvalue weighted by molar-refractivity contribution is -0.177. The highest BCUT2D eigenvalue weighted by atomic mass is 16.4. The number of carboxylic acids is 1. The van der Waals surface area contributed by atoms with E-state index in [1.165, 1.54) is 11.1 Å². The lowest BCUT2D eigenvalue weighted by Crippen LogP contribution is -2.62. The molecule has 1 aromatic rings. The standard InChI is InChI=1S/C29H40O4/c1-17-18-7-8-21-27(4,19(18)15-20(30)23(17)31)12-14-29(6)22-16-26(3,24(32)33)10-9-25(22,2)11-13-28(21,29)5/h8,15,22,30-31H,7,9-14,16H2,1-6H3,(H,32,33). The monoisotopic (exact) mass is 452 g/mol. The SMILES string of the molecule is Cc1c(O)c(O)cc2c1CC=C1C2(C)CCC2(C)C3CC(C)(C(=O)O)CCC3(C)CCC12C. The minimum absolute atomic E-state index is 0.00431. The van der Waals surface area contributed by atoms with Gasteiger partial charge in [0.05, 0.1) is 5.41 Å². The van der Waals surface area contributed by atoms with Gasteiger partial charge in [0.1, 0.15) is 0 Å². The average Bonchev–Trinajstić information content (AvgIpc) is 2.75. The van der Waals surface area contributed by atoms with Crippen LogP contribution < -0.4 is 0 Å². The molecule has 0 aromatic heterocycles. The summed E-state index contributed by atoms with van der Waals surface area (Å²) < 4.78 is 0. The van der Waals surface area contributed by atoms with E-state index in [0.29, 0.717) is 5.92 Å². The fourth-order valence-corrected chi connectivity index (χ4v) is 8.89. The minimum Gasteiger partial charge on any atom is -0.504 e. The third-order valence-electron chi connectivity index (χ3n) is 11.6. The Morgan fingerprint density at radius 2 is 1.64 bits per heavy atom. The molecule has 0 radical (unpaired) electrons. The Balaban J connectivity index is 1.63. The largest absolute Gasteiger partial charge is 0.504 e. The molecule has 4 aliphatic rings. The van der Waals surface area contributed by atoms with Crippen LogP contribution in [0.2, 0.25) is 0 Å². The van der Waals surface area contributed by atoms with Crippen LogP contribution in [0.3, 0.4) is 0 Å². The van der Waals surface area contributed by atoms with Crippen molar-refractivity contribution in [3.63, 3.8) is 0 Å². The molecule has 0 heterocycles. The van der Waals surface area contributed by atoms with Crippen molar-refractivity contribution in [3.8, 4) is 11.5 Å². The molecule has 1 aromatic carbocycles. The predicted octanol–water partition coefficient (Wildman–Crippen LogP) is 6.64. The lowest BCUT2D eigenvalue weighted by Gasteiger charge is -2.69. The zero-order valence-electron chi connectivity index (χ0n) is 21.1. The number of phenols is 2. The van der Waals surface area contributed by atoms with Crippen molar-refractivity contribution < 1.29 is 20.1 Å². The van der Waals surface area contributed by atoms with Gasteiger partial charge in [-0.05, 0) is 110 Å². The van der Waals surface area contributed by atoms with Crippen molar-refractivity contribution in [1.82, 2.24) is 0 Å². The third kappa shape index (κ3) is 2.67. The molecule has 4 aliphatic carbocycles. The summed E-state index contributed by atoms with van der Waals surface area (Å²) in [4.78, 5) is 12.3. The molecule has 0 amide bonds. The summed E-state index contributed by atoms with van der Waals surface area (Å²) in [7, 11) is 0. The van der Waals surface area contributed by atoms with Crippen molar-refractivity contribution in [2.45, 2.75) is 98.3 Å². The summed E-state index contributed by atoms with van der Waals surface area (Å²) in [6.45, 7) is 13.5. The van der Waals surface area contributed by atoms with Gasteiger partial charge in [0.25, 0.3) is 0 Å². The number of fused-ring (bicyclic) bond motifs is 7. The molecule has 33 heavy (non-hydrogen) atoms. The molecule has 5 rings (SSSR count). The number of carboxylic acid groups (broad SMARTS) is 1. The summed E-state index contributed by atoms with van der Waals surface area (Å²) in [5.41, 5.74) is 4.00. The van der Waals surface area contributed by atoms with Crippen LogP contribution in [0.25, 0.3) is 0 Å². The van der Waals surface area contributed by atoms with E-state index in [-0.39, 0.29) is 33.2 Å². The van der Waals surface area contributed by atoms with Crippen molar-refractivity contribution in [2.24, 2.45) is 27.6 Å². The number of hydrogen-bond acceptors (Lipinski definition) is 3. The second kappa shape index (κ2) is 6.58. The Kier molecular flexibility index (Phi) is 4.55. The lowest BCUT2D eigenvalue weighted by atomic mass is 9.34. The summed E-state index contributed by atoms with van der Waals surface area (Å²) in [5.74, 6) is -0.282. The summed E-state index contributed by atoms with van der Waals surface area (Å²) in [5, 5.41) is 30.9. The van der Waals surface area contributed by atoms with Gasteiger partial charge in [-0.2, -0.15) is 0 Å². The maximum Gasteiger partial charge on any atom is 0.309 e. The highest BCUT2D eigenvalue weighted by Crippen LogP contribution is 2.74. The number of phenolic OH excluding ortho intramolecular Hbond substituents is 2. The van der Waals surface area contributed by atoms with Crippen LogP contribution in [0.4, 0.5) is 0 Å². The van der Waals surface area contributed by atoms with Crippen LogP contribution in [-0.2, 0) is 16.6 Å². The van der Waals surface area contributed by atoms with E-state index in [9.17, 15) is 20.1 Å². The van der Waals surface area contributed by atoms with E-state index in [0.717, 1.165) is 62.5 Å². The number of allylic oxidation sites excluding steroid dienone is 2. The second-order valence-electron chi connectivity index (χ2n) is 13.1. The molecular formula is C29H40O4. The number of hydrogen-bond donors (Lipinski definition) is 3. The van der Waals surface area contributed by atoms with Crippen molar-refractivity contribution in [3.05, 3.63) is 34.4 Å². The summed E-state index contributed by atoms with van der Waals surface area (Å²) in [6.07, 6.45) is 10.0. The molecule has 180 valence electrons. The second-order valence-corrected chi connectivity index (χ2v) is 13.1. The number of benzene rings is 1. The van der Waals surface area contributed by atoms with Gasteiger partial charge >= 0.3 is 5.97 Å². The van der Waals surface area contributed by atoms with E-state index in [1.807, 2.05) is 19.9 Å². The quantitative estimate of drug-likeness (QED) is 0.329. The molecule has 6 atom stereocenters. The Bertz CT molecular complexity index is 1090. The van der Waals surface area contributed by atoms with Crippen LogP contribution in [0.15, 0.2) is 17.7 Å². The Morgan fingerprint density at radius 1 is 0.970 bits per heavy atom. The van der Waals surface area contributed by atoms with Crippen LogP contribution in [0.1, 0.15) is 96.3 Å². The topological polar surface area (TPSA) is 77.8 Å². The molecule has 3 fully saturated rings.